The molecule has 3 rings (SSSR count). The fourth-order valence-electron chi connectivity index (χ4n) is 2.78. The summed E-state index contributed by atoms with van der Waals surface area (Å²) in [6, 6.07) is 12.9. The van der Waals surface area contributed by atoms with E-state index in [0.29, 0.717) is 6.04 Å². The number of para-hydroxylation sites is 1. The average molecular weight is 302 g/mol. The summed E-state index contributed by atoms with van der Waals surface area (Å²) >= 11 is 1.98. The molecule has 0 aliphatic carbocycles. The minimum atomic E-state index is 0.289. The molecule has 21 heavy (non-hydrogen) atoms. The van der Waals surface area contributed by atoms with Crippen LogP contribution in [0, 0.1) is 0 Å². The Balaban J connectivity index is 1.76. The van der Waals surface area contributed by atoms with E-state index >= 15 is 0 Å². The van der Waals surface area contributed by atoms with Crippen LogP contribution >= 0.6 is 11.8 Å². The summed E-state index contributed by atoms with van der Waals surface area (Å²) < 4.78 is 5.94. The first-order chi connectivity index (χ1) is 10.4. The van der Waals surface area contributed by atoms with Crippen molar-refractivity contribution >= 4 is 22.7 Å². The number of likely N-dealkylation sites (N-methyl/N-ethyl adjacent to an activating group) is 1. The minimum Gasteiger partial charge on any atom is -0.375 e. The molecular weight excluding hydrogens is 280 g/mol. The van der Waals surface area contributed by atoms with Crippen molar-refractivity contribution in [3.63, 3.8) is 0 Å². The standard InChI is InChI=1S/C17H22N2OS/c1-2-18-16(17-12-21-10-9-20-17)11-14-8-7-13-5-3-4-6-15(13)19-14/h3-8,16-18H,2,9-12H2,1H3. The molecular formula is C17H22N2OS. The minimum absolute atomic E-state index is 0.289. The molecule has 2 unspecified atom stereocenters. The SMILES string of the molecule is CCNC(Cc1ccc2ccccc2n1)C1CSCCO1. The van der Waals surface area contributed by atoms with Crippen molar-refractivity contribution in [1.29, 1.82) is 0 Å². The van der Waals surface area contributed by atoms with Gasteiger partial charge in [0.25, 0.3) is 0 Å². The van der Waals surface area contributed by atoms with Crippen LogP contribution in [0.5, 0.6) is 0 Å². The normalized spacial score (nSPS) is 20.5. The Morgan fingerprint density at radius 1 is 1.33 bits per heavy atom. The number of hydrogen-bond donors (Lipinski definition) is 1. The van der Waals surface area contributed by atoms with Gasteiger partial charge in [0.05, 0.1) is 18.2 Å². The van der Waals surface area contributed by atoms with Crippen LogP contribution in [0.25, 0.3) is 10.9 Å². The molecule has 1 aliphatic heterocycles. The maximum atomic E-state index is 5.94. The molecule has 1 fully saturated rings. The van der Waals surface area contributed by atoms with Crippen molar-refractivity contribution in [3.8, 4) is 0 Å². The molecule has 1 aromatic carbocycles. The topological polar surface area (TPSA) is 34.2 Å². The van der Waals surface area contributed by atoms with E-state index in [1.807, 2.05) is 17.8 Å². The van der Waals surface area contributed by atoms with E-state index in [2.05, 4.69) is 42.6 Å². The molecule has 1 N–H and O–H groups in total. The van der Waals surface area contributed by atoms with Gasteiger partial charge in [0.2, 0.25) is 0 Å². The van der Waals surface area contributed by atoms with Gasteiger partial charge in [-0.3, -0.25) is 4.98 Å². The summed E-state index contributed by atoms with van der Waals surface area (Å²) in [6.07, 6.45) is 1.21. The molecule has 2 atom stereocenters. The largest absolute Gasteiger partial charge is 0.375 e. The van der Waals surface area contributed by atoms with Crippen LogP contribution < -0.4 is 5.32 Å². The van der Waals surface area contributed by atoms with Gasteiger partial charge in [0, 0.05) is 35.0 Å². The average Bonchev–Trinajstić information content (AvgIpc) is 2.55. The van der Waals surface area contributed by atoms with Crippen LogP contribution in [0.15, 0.2) is 36.4 Å². The fraction of sp³-hybridized carbons (Fsp3) is 0.471. The maximum absolute atomic E-state index is 5.94. The van der Waals surface area contributed by atoms with Gasteiger partial charge in [0.15, 0.2) is 0 Å². The lowest BCUT2D eigenvalue weighted by Crippen LogP contribution is -2.46. The summed E-state index contributed by atoms with van der Waals surface area (Å²) in [5.74, 6) is 2.19. The first-order valence-corrected chi connectivity index (χ1v) is 8.79. The molecule has 0 radical (unpaired) electrons. The number of rotatable bonds is 5. The number of thioether (sulfide) groups is 1. The predicted molar refractivity (Wildman–Crippen MR) is 90.0 cm³/mol. The molecule has 2 aromatic rings. The van der Waals surface area contributed by atoms with E-state index in [9.17, 15) is 0 Å². The number of fused-ring (bicyclic) bond motifs is 1. The third-order valence-corrected chi connectivity index (χ3v) is 4.86. The molecule has 112 valence electrons. The Morgan fingerprint density at radius 3 is 3.05 bits per heavy atom. The number of nitrogens with zero attached hydrogens (tertiary/aromatic N) is 1. The molecule has 0 amide bonds. The van der Waals surface area contributed by atoms with E-state index < -0.39 is 0 Å². The van der Waals surface area contributed by atoms with E-state index in [0.717, 1.165) is 42.3 Å². The number of hydrogen-bond acceptors (Lipinski definition) is 4. The summed E-state index contributed by atoms with van der Waals surface area (Å²) in [5, 5.41) is 4.77. The van der Waals surface area contributed by atoms with Gasteiger partial charge in [0.1, 0.15) is 0 Å². The Kier molecular flexibility index (Phi) is 5.12. The van der Waals surface area contributed by atoms with E-state index in [4.69, 9.17) is 9.72 Å². The van der Waals surface area contributed by atoms with Crippen LogP contribution in [0.2, 0.25) is 0 Å². The first kappa shape index (κ1) is 14.8. The quantitative estimate of drug-likeness (QED) is 0.921. The second-order valence-corrected chi connectivity index (χ2v) is 6.50. The molecule has 3 nitrogen and oxygen atoms in total. The third-order valence-electron chi connectivity index (χ3n) is 3.84. The third kappa shape index (κ3) is 3.76. The Labute approximate surface area is 130 Å². The number of aromatic nitrogens is 1. The fourth-order valence-corrected chi connectivity index (χ4v) is 3.72. The van der Waals surface area contributed by atoms with Gasteiger partial charge in [-0.2, -0.15) is 11.8 Å². The molecule has 1 aliphatic rings. The van der Waals surface area contributed by atoms with Gasteiger partial charge in [-0.15, -0.1) is 0 Å². The highest BCUT2D eigenvalue weighted by Gasteiger charge is 2.24. The number of pyridine rings is 1. The molecule has 0 bridgehead atoms. The highest BCUT2D eigenvalue weighted by molar-refractivity contribution is 7.99. The lowest BCUT2D eigenvalue weighted by atomic mass is 10.0. The lowest BCUT2D eigenvalue weighted by molar-refractivity contribution is 0.0474. The van der Waals surface area contributed by atoms with E-state index in [1.54, 1.807) is 0 Å². The summed E-state index contributed by atoms with van der Waals surface area (Å²) in [6.45, 7) is 3.97. The smallest absolute Gasteiger partial charge is 0.0822 e. The van der Waals surface area contributed by atoms with E-state index in [1.165, 1.54) is 5.39 Å². The molecule has 0 saturated carbocycles. The summed E-state index contributed by atoms with van der Waals surface area (Å²) in [7, 11) is 0. The van der Waals surface area contributed by atoms with Crippen LogP contribution in [-0.2, 0) is 11.2 Å². The van der Waals surface area contributed by atoms with Crippen molar-refractivity contribution in [2.75, 3.05) is 24.7 Å². The number of nitrogens with one attached hydrogen (secondary N) is 1. The molecule has 1 aromatic heterocycles. The van der Waals surface area contributed by atoms with E-state index in [-0.39, 0.29) is 6.10 Å². The van der Waals surface area contributed by atoms with Crippen LogP contribution in [0.4, 0.5) is 0 Å². The Bertz CT molecular complexity index is 584. The van der Waals surface area contributed by atoms with Crippen LogP contribution in [-0.4, -0.2) is 41.8 Å². The monoisotopic (exact) mass is 302 g/mol. The lowest BCUT2D eigenvalue weighted by Gasteiger charge is -2.30. The maximum Gasteiger partial charge on any atom is 0.0822 e. The van der Waals surface area contributed by atoms with Crippen molar-refractivity contribution < 1.29 is 4.74 Å². The molecule has 2 heterocycles. The zero-order valence-corrected chi connectivity index (χ0v) is 13.2. The van der Waals surface area contributed by atoms with Crippen LogP contribution in [0.3, 0.4) is 0 Å². The van der Waals surface area contributed by atoms with Crippen molar-refractivity contribution in [1.82, 2.24) is 10.3 Å². The van der Waals surface area contributed by atoms with Gasteiger partial charge in [-0.25, -0.2) is 0 Å². The highest BCUT2D eigenvalue weighted by Crippen LogP contribution is 2.19. The second-order valence-electron chi connectivity index (χ2n) is 5.35. The zero-order valence-electron chi connectivity index (χ0n) is 12.4. The summed E-state index contributed by atoms with van der Waals surface area (Å²) in [5.41, 5.74) is 2.21. The highest BCUT2D eigenvalue weighted by atomic mass is 32.2. The number of ether oxygens (including phenoxy) is 1. The van der Waals surface area contributed by atoms with Crippen molar-refractivity contribution in [3.05, 3.63) is 42.1 Å². The van der Waals surface area contributed by atoms with Crippen LogP contribution in [0.1, 0.15) is 12.6 Å². The van der Waals surface area contributed by atoms with Gasteiger partial charge in [-0.05, 0) is 18.7 Å². The number of benzene rings is 1. The van der Waals surface area contributed by atoms with Crippen molar-refractivity contribution in [2.45, 2.75) is 25.5 Å². The van der Waals surface area contributed by atoms with Gasteiger partial charge < -0.3 is 10.1 Å². The van der Waals surface area contributed by atoms with Crippen molar-refractivity contribution in [2.24, 2.45) is 0 Å². The molecule has 4 heteroatoms. The Morgan fingerprint density at radius 2 is 2.24 bits per heavy atom. The predicted octanol–water partition coefficient (Wildman–Crippen LogP) is 2.89. The van der Waals surface area contributed by atoms with Gasteiger partial charge in [-0.1, -0.05) is 31.2 Å². The molecule has 1 saturated heterocycles. The Hall–Kier alpha value is -1.10. The summed E-state index contributed by atoms with van der Waals surface area (Å²) in [4.78, 5) is 4.79. The second kappa shape index (κ2) is 7.25. The van der Waals surface area contributed by atoms with Gasteiger partial charge >= 0.3 is 0 Å². The first-order valence-electron chi connectivity index (χ1n) is 7.64. The molecule has 0 spiro atoms. The zero-order chi connectivity index (χ0) is 14.5.